The van der Waals surface area contributed by atoms with E-state index in [1.165, 1.54) is 0 Å². The Morgan fingerprint density at radius 1 is 1.33 bits per heavy atom. The summed E-state index contributed by atoms with van der Waals surface area (Å²) < 4.78 is 41.1. The number of halogens is 3. The molecule has 0 aromatic heterocycles. The number of carbonyl (C=O) groups is 2. The molecular formula is C5HF3O4. The van der Waals surface area contributed by atoms with Gasteiger partial charge >= 0.3 is 18.3 Å². The number of cyclic esters (lactones) is 2. The van der Waals surface area contributed by atoms with Gasteiger partial charge in [-0.15, -0.1) is 13.2 Å². The van der Waals surface area contributed by atoms with Crippen LogP contribution in [0.3, 0.4) is 0 Å². The molecule has 0 bridgehead atoms. The molecule has 0 aromatic carbocycles. The second kappa shape index (κ2) is 2.50. The van der Waals surface area contributed by atoms with Gasteiger partial charge in [0.15, 0.2) is 0 Å². The summed E-state index contributed by atoms with van der Waals surface area (Å²) in [7, 11) is 0. The molecule has 7 heteroatoms. The van der Waals surface area contributed by atoms with Gasteiger partial charge in [0.05, 0.1) is 6.08 Å². The molecule has 0 N–H and O–H groups in total. The predicted octanol–water partition coefficient (Wildman–Crippen LogP) is 0.490. The largest absolute Gasteiger partial charge is 0.573 e. The van der Waals surface area contributed by atoms with E-state index in [2.05, 4.69) is 9.47 Å². The molecule has 0 unspecified atom stereocenters. The van der Waals surface area contributed by atoms with Crippen molar-refractivity contribution in [2.45, 2.75) is 6.36 Å². The van der Waals surface area contributed by atoms with Crippen molar-refractivity contribution in [3.8, 4) is 0 Å². The molecule has 12 heavy (non-hydrogen) atoms. The monoisotopic (exact) mass is 182 g/mol. The summed E-state index contributed by atoms with van der Waals surface area (Å²) >= 11 is 0. The Bertz CT molecular complexity index is 264. The second-order valence-corrected chi connectivity index (χ2v) is 1.76. The number of hydrogen-bond donors (Lipinski definition) is 0. The van der Waals surface area contributed by atoms with E-state index in [9.17, 15) is 22.8 Å². The Morgan fingerprint density at radius 3 is 2.25 bits per heavy atom. The highest BCUT2D eigenvalue weighted by Crippen LogP contribution is 2.23. The van der Waals surface area contributed by atoms with Crippen LogP contribution in [0.5, 0.6) is 0 Å². The zero-order valence-electron chi connectivity index (χ0n) is 5.34. The molecule has 1 heterocycles. The van der Waals surface area contributed by atoms with Gasteiger partial charge in [0.2, 0.25) is 5.76 Å². The van der Waals surface area contributed by atoms with Crippen LogP contribution in [0.25, 0.3) is 0 Å². The van der Waals surface area contributed by atoms with Crippen LogP contribution in [0.15, 0.2) is 11.8 Å². The zero-order valence-corrected chi connectivity index (χ0v) is 5.34. The van der Waals surface area contributed by atoms with E-state index in [0.29, 0.717) is 6.08 Å². The first kappa shape index (κ1) is 8.57. The number of carbonyl (C=O) groups excluding carboxylic acids is 2. The summed E-state index contributed by atoms with van der Waals surface area (Å²) in [6.45, 7) is 0. The summed E-state index contributed by atoms with van der Waals surface area (Å²) in [6, 6.07) is 0. The molecule has 1 rings (SSSR count). The number of hydrogen-bond acceptors (Lipinski definition) is 4. The van der Waals surface area contributed by atoms with E-state index in [1.54, 1.807) is 0 Å². The number of esters is 2. The van der Waals surface area contributed by atoms with Gasteiger partial charge in [-0.1, -0.05) is 0 Å². The minimum atomic E-state index is -4.99. The average molecular weight is 182 g/mol. The summed E-state index contributed by atoms with van der Waals surface area (Å²) in [6.07, 6.45) is -4.66. The molecule has 0 fully saturated rings. The molecule has 0 saturated heterocycles. The Kier molecular flexibility index (Phi) is 1.79. The van der Waals surface area contributed by atoms with Crippen molar-refractivity contribution in [3.05, 3.63) is 11.8 Å². The molecule has 1 aliphatic heterocycles. The van der Waals surface area contributed by atoms with Crippen molar-refractivity contribution in [2.24, 2.45) is 0 Å². The van der Waals surface area contributed by atoms with E-state index in [-0.39, 0.29) is 0 Å². The molecule has 66 valence electrons. The van der Waals surface area contributed by atoms with Crippen LogP contribution in [-0.4, -0.2) is 18.3 Å². The average Bonchev–Trinajstić information content (AvgIpc) is 2.06. The lowest BCUT2D eigenvalue weighted by Gasteiger charge is -2.05. The minimum Gasteiger partial charge on any atom is -0.398 e. The van der Waals surface area contributed by atoms with Gasteiger partial charge in [-0.05, 0) is 0 Å². The number of alkyl halides is 3. The van der Waals surface area contributed by atoms with E-state index in [4.69, 9.17) is 0 Å². The van der Waals surface area contributed by atoms with Crippen molar-refractivity contribution in [1.29, 1.82) is 0 Å². The highest BCUT2D eigenvalue weighted by molar-refractivity contribution is 6.07. The lowest BCUT2D eigenvalue weighted by molar-refractivity contribution is -0.304. The van der Waals surface area contributed by atoms with Crippen LogP contribution in [0.2, 0.25) is 0 Å². The highest BCUT2D eigenvalue weighted by Gasteiger charge is 2.38. The lowest BCUT2D eigenvalue weighted by Crippen LogP contribution is -2.16. The maximum absolute atomic E-state index is 11.4. The van der Waals surface area contributed by atoms with Crippen LogP contribution < -0.4 is 0 Å². The maximum Gasteiger partial charge on any atom is 0.573 e. The first-order chi connectivity index (χ1) is 5.38. The lowest BCUT2D eigenvalue weighted by atomic mass is 10.5. The standard InChI is InChI=1S/C5HF3O4/c6-5(7,8)12-2-1-3(9)11-4(2)10/h1H. The van der Waals surface area contributed by atoms with Crippen molar-refractivity contribution in [2.75, 3.05) is 0 Å². The normalized spacial score (nSPS) is 17.4. The van der Waals surface area contributed by atoms with Crippen molar-refractivity contribution in [1.82, 2.24) is 0 Å². The molecule has 0 spiro atoms. The van der Waals surface area contributed by atoms with Crippen molar-refractivity contribution in [3.63, 3.8) is 0 Å². The summed E-state index contributed by atoms with van der Waals surface area (Å²) in [5, 5.41) is 0. The van der Waals surface area contributed by atoms with E-state index in [1.807, 2.05) is 0 Å². The van der Waals surface area contributed by atoms with Gasteiger partial charge in [0.25, 0.3) is 0 Å². The van der Waals surface area contributed by atoms with E-state index < -0.39 is 24.1 Å². The maximum atomic E-state index is 11.4. The fourth-order valence-corrected chi connectivity index (χ4v) is 0.533. The van der Waals surface area contributed by atoms with Crippen LogP contribution in [-0.2, 0) is 19.1 Å². The van der Waals surface area contributed by atoms with Crippen molar-refractivity contribution >= 4 is 11.9 Å². The Labute approximate surface area is 63.6 Å². The fourth-order valence-electron chi connectivity index (χ4n) is 0.533. The molecule has 1 aliphatic rings. The SMILES string of the molecule is O=C1C=C(OC(F)(F)F)C(=O)O1. The van der Waals surface area contributed by atoms with Gasteiger partial charge in [0.1, 0.15) is 0 Å². The second-order valence-electron chi connectivity index (χ2n) is 1.76. The molecule has 0 radical (unpaired) electrons. The smallest absolute Gasteiger partial charge is 0.398 e. The number of ether oxygens (including phenoxy) is 2. The summed E-state index contributed by atoms with van der Waals surface area (Å²) in [5.74, 6) is -3.75. The fraction of sp³-hybridized carbons (Fsp3) is 0.200. The molecule has 4 nitrogen and oxygen atoms in total. The van der Waals surface area contributed by atoms with Crippen LogP contribution in [0.1, 0.15) is 0 Å². The molecule has 0 atom stereocenters. The minimum absolute atomic E-state index is 0.329. The quantitative estimate of drug-likeness (QED) is 0.437. The van der Waals surface area contributed by atoms with Crippen LogP contribution >= 0.6 is 0 Å². The predicted molar refractivity (Wildman–Crippen MR) is 26.3 cm³/mol. The molecule has 0 aliphatic carbocycles. The summed E-state index contributed by atoms with van der Waals surface area (Å²) in [4.78, 5) is 20.5. The Morgan fingerprint density at radius 2 is 1.92 bits per heavy atom. The van der Waals surface area contributed by atoms with Gasteiger partial charge in [-0.2, -0.15) is 0 Å². The Balaban J connectivity index is 2.71. The first-order valence-electron chi connectivity index (χ1n) is 2.62. The molecular weight excluding hydrogens is 181 g/mol. The van der Waals surface area contributed by atoms with Crippen LogP contribution in [0.4, 0.5) is 13.2 Å². The third kappa shape index (κ3) is 1.97. The summed E-state index contributed by atoms with van der Waals surface area (Å²) in [5.41, 5.74) is 0. The third-order valence-electron chi connectivity index (χ3n) is 0.869. The first-order valence-corrected chi connectivity index (χ1v) is 2.62. The molecule has 0 saturated carbocycles. The van der Waals surface area contributed by atoms with Crippen molar-refractivity contribution < 1.29 is 32.2 Å². The molecule has 0 amide bonds. The van der Waals surface area contributed by atoms with Gasteiger partial charge in [-0.3, -0.25) is 0 Å². The molecule has 0 aromatic rings. The van der Waals surface area contributed by atoms with Gasteiger partial charge in [0, 0.05) is 0 Å². The van der Waals surface area contributed by atoms with E-state index in [0.717, 1.165) is 0 Å². The third-order valence-corrected chi connectivity index (χ3v) is 0.869. The van der Waals surface area contributed by atoms with Gasteiger partial charge < -0.3 is 9.47 Å². The van der Waals surface area contributed by atoms with Gasteiger partial charge in [-0.25, -0.2) is 9.59 Å². The van der Waals surface area contributed by atoms with Crippen LogP contribution in [0, 0.1) is 0 Å². The number of rotatable bonds is 1. The zero-order chi connectivity index (χ0) is 9.35. The van der Waals surface area contributed by atoms with E-state index >= 15 is 0 Å². The topological polar surface area (TPSA) is 52.6 Å². The Hall–Kier alpha value is -1.53. The highest BCUT2D eigenvalue weighted by atomic mass is 19.4.